The highest BCUT2D eigenvalue weighted by Gasteiger charge is 2.31. The third kappa shape index (κ3) is 4.93. The zero-order valence-corrected chi connectivity index (χ0v) is 21.0. The molecule has 0 aliphatic carbocycles. The van der Waals surface area contributed by atoms with Crippen molar-refractivity contribution in [1.29, 1.82) is 0 Å². The molecule has 1 saturated heterocycles. The Morgan fingerprint density at radius 1 is 1.08 bits per heavy atom. The first-order valence-electron chi connectivity index (χ1n) is 12.2. The van der Waals surface area contributed by atoms with Crippen molar-refractivity contribution >= 4 is 27.5 Å². The summed E-state index contributed by atoms with van der Waals surface area (Å²) in [5.74, 6) is 0.757. The lowest BCUT2D eigenvalue weighted by molar-refractivity contribution is -0.137. The highest BCUT2D eigenvalue weighted by molar-refractivity contribution is 7.21. The second-order valence-corrected chi connectivity index (χ2v) is 10.2. The molecule has 0 bridgehead atoms. The zero-order valence-electron chi connectivity index (χ0n) is 20.2. The molecule has 0 saturated carbocycles. The summed E-state index contributed by atoms with van der Waals surface area (Å²) in [6.07, 6.45) is -3.81. The Labute approximate surface area is 220 Å². The molecule has 0 unspecified atom stereocenters. The highest BCUT2D eigenvalue weighted by Crippen LogP contribution is 2.41. The number of nitrogens with zero attached hydrogens (tertiary/aromatic N) is 2. The van der Waals surface area contributed by atoms with Crippen LogP contribution in [0.5, 0.6) is 11.5 Å². The molecule has 3 aromatic carbocycles. The van der Waals surface area contributed by atoms with E-state index in [4.69, 9.17) is 19.2 Å². The van der Waals surface area contributed by atoms with Crippen molar-refractivity contribution in [2.45, 2.75) is 25.2 Å². The molecule has 10 heteroatoms. The fourth-order valence-corrected chi connectivity index (χ4v) is 5.59. The van der Waals surface area contributed by atoms with Gasteiger partial charge in [-0.15, -0.1) is 11.3 Å². The topological polar surface area (TPSA) is 60.9 Å². The number of carbonyl (C=O) groups is 1. The Hall–Kier alpha value is -3.63. The van der Waals surface area contributed by atoms with Crippen LogP contribution in [0.15, 0.2) is 60.7 Å². The van der Waals surface area contributed by atoms with Crippen LogP contribution in [0.3, 0.4) is 0 Å². The lowest BCUT2D eigenvalue weighted by Crippen LogP contribution is -2.32. The van der Waals surface area contributed by atoms with Crippen LogP contribution in [0.1, 0.15) is 27.9 Å². The number of amides is 1. The van der Waals surface area contributed by atoms with Crippen molar-refractivity contribution in [2.24, 2.45) is 0 Å². The molecule has 4 aromatic rings. The Bertz CT molecular complexity index is 1450. The van der Waals surface area contributed by atoms with E-state index in [1.807, 2.05) is 36.4 Å². The van der Waals surface area contributed by atoms with Crippen LogP contribution in [0.2, 0.25) is 0 Å². The molecule has 3 heterocycles. The van der Waals surface area contributed by atoms with Gasteiger partial charge in [0.25, 0.3) is 5.91 Å². The van der Waals surface area contributed by atoms with Crippen molar-refractivity contribution in [1.82, 2.24) is 9.88 Å². The Balaban J connectivity index is 1.35. The molecule has 0 N–H and O–H groups in total. The first-order chi connectivity index (χ1) is 18.3. The summed E-state index contributed by atoms with van der Waals surface area (Å²) < 4.78 is 57.9. The van der Waals surface area contributed by atoms with E-state index >= 15 is 0 Å². The van der Waals surface area contributed by atoms with Crippen LogP contribution in [0.25, 0.3) is 20.8 Å². The number of carbonyl (C=O) groups excluding carboxylic acids is 1. The summed E-state index contributed by atoms with van der Waals surface area (Å²) in [4.78, 5) is 19.7. The van der Waals surface area contributed by atoms with Gasteiger partial charge in [0.2, 0.25) is 0 Å². The average molecular weight is 541 g/mol. The van der Waals surface area contributed by atoms with Gasteiger partial charge >= 0.3 is 6.18 Å². The summed E-state index contributed by atoms with van der Waals surface area (Å²) >= 11 is 1.56. The largest absolute Gasteiger partial charge is 0.487 e. The molecule has 0 radical (unpaired) electrons. The molecule has 0 spiro atoms. The van der Waals surface area contributed by atoms with E-state index in [1.165, 1.54) is 12.1 Å². The molecule has 38 heavy (non-hydrogen) atoms. The second-order valence-electron chi connectivity index (χ2n) is 9.20. The quantitative estimate of drug-likeness (QED) is 0.309. The number of hydrogen-bond donors (Lipinski definition) is 0. The van der Waals surface area contributed by atoms with E-state index in [-0.39, 0.29) is 37.3 Å². The number of rotatable bonds is 4. The predicted octanol–water partition coefficient (Wildman–Crippen LogP) is 6.18. The van der Waals surface area contributed by atoms with Gasteiger partial charge in [-0.2, -0.15) is 13.2 Å². The summed E-state index contributed by atoms with van der Waals surface area (Å²) in [7, 11) is 0. The van der Waals surface area contributed by atoms with Gasteiger partial charge in [0.1, 0.15) is 17.7 Å². The molecule has 1 fully saturated rings. The minimum atomic E-state index is -4.46. The Morgan fingerprint density at radius 2 is 1.89 bits per heavy atom. The molecule has 6 nitrogen and oxygen atoms in total. The molecule has 6 rings (SSSR count). The fourth-order valence-electron chi connectivity index (χ4n) is 4.63. The van der Waals surface area contributed by atoms with Gasteiger partial charge in [-0.3, -0.25) is 4.79 Å². The van der Waals surface area contributed by atoms with E-state index in [0.29, 0.717) is 24.7 Å². The van der Waals surface area contributed by atoms with Gasteiger partial charge in [0, 0.05) is 29.7 Å². The minimum absolute atomic E-state index is 0.110. The lowest BCUT2D eigenvalue weighted by Gasteiger charge is -2.21. The molecule has 1 atom stereocenters. The molecular weight excluding hydrogens is 517 g/mol. The van der Waals surface area contributed by atoms with Gasteiger partial charge < -0.3 is 19.1 Å². The van der Waals surface area contributed by atoms with Crippen molar-refractivity contribution in [3.05, 3.63) is 77.4 Å². The van der Waals surface area contributed by atoms with E-state index < -0.39 is 11.7 Å². The van der Waals surface area contributed by atoms with Gasteiger partial charge in [-0.25, -0.2) is 4.98 Å². The van der Waals surface area contributed by atoms with Gasteiger partial charge in [-0.05, 0) is 48.5 Å². The van der Waals surface area contributed by atoms with E-state index in [1.54, 1.807) is 16.2 Å². The minimum Gasteiger partial charge on any atom is -0.487 e. The number of benzene rings is 3. The first-order valence-corrected chi connectivity index (χ1v) is 13.0. The monoisotopic (exact) mass is 540 g/mol. The lowest BCUT2D eigenvalue weighted by atomic mass is 10.1. The van der Waals surface area contributed by atoms with Crippen LogP contribution in [0, 0.1) is 0 Å². The van der Waals surface area contributed by atoms with E-state index in [9.17, 15) is 18.0 Å². The third-order valence-corrected chi connectivity index (χ3v) is 7.65. The molecule has 2 aliphatic rings. The van der Waals surface area contributed by atoms with Crippen molar-refractivity contribution in [3.8, 4) is 22.1 Å². The third-order valence-electron chi connectivity index (χ3n) is 6.57. The van der Waals surface area contributed by atoms with Crippen molar-refractivity contribution < 1.29 is 32.2 Å². The van der Waals surface area contributed by atoms with E-state index in [2.05, 4.69) is 0 Å². The number of para-hydroxylation sites is 1. The summed E-state index contributed by atoms with van der Waals surface area (Å²) in [5, 5.41) is 0.811. The molecule has 196 valence electrons. The maximum absolute atomic E-state index is 13.3. The van der Waals surface area contributed by atoms with Crippen LogP contribution < -0.4 is 9.47 Å². The number of halogens is 3. The van der Waals surface area contributed by atoms with Crippen LogP contribution in [0.4, 0.5) is 13.2 Å². The number of alkyl halides is 3. The molecule has 1 aromatic heterocycles. The number of ether oxygens (including phenoxy) is 3. The van der Waals surface area contributed by atoms with Gasteiger partial charge in [0.05, 0.1) is 35.5 Å². The van der Waals surface area contributed by atoms with Crippen LogP contribution in [-0.4, -0.2) is 48.3 Å². The second kappa shape index (κ2) is 9.92. The summed E-state index contributed by atoms with van der Waals surface area (Å²) in [6, 6.07) is 16.0. The average Bonchev–Trinajstić information content (AvgIpc) is 3.53. The maximum Gasteiger partial charge on any atom is 0.416 e. The standard InChI is InChI=1S/C28H23F3N2O4S/c29-28(30,31)20-7-5-17(6-8-20)27(34)33-10-12-36-25-19(15-33)13-18(14-23(25)37-21-9-11-35-16-21)26-32-22-3-1-2-4-24(22)38-26/h1-8,13-14,21H,9-12,15-16H2/t21-/m0/s1. The normalized spacial score (nSPS) is 17.7. The molecular formula is C28H23F3N2O4S. The van der Waals surface area contributed by atoms with Gasteiger partial charge in [-0.1, -0.05) is 12.1 Å². The number of aromatic nitrogens is 1. The van der Waals surface area contributed by atoms with Crippen LogP contribution >= 0.6 is 11.3 Å². The first kappa shape index (κ1) is 24.7. The smallest absolute Gasteiger partial charge is 0.416 e. The van der Waals surface area contributed by atoms with Gasteiger partial charge in [0.15, 0.2) is 11.5 Å². The summed E-state index contributed by atoms with van der Waals surface area (Å²) in [5.41, 5.74) is 1.87. The van der Waals surface area contributed by atoms with Crippen molar-refractivity contribution in [2.75, 3.05) is 26.4 Å². The SMILES string of the molecule is O=C(c1ccc(C(F)(F)F)cc1)N1CCOc2c(cc(-c3nc4ccccc4s3)cc2O[C@H]2CCOC2)C1. The predicted molar refractivity (Wildman–Crippen MR) is 137 cm³/mol. The number of fused-ring (bicyclic) bond motifs is 2. The highest BCUT2D eigenvalue weighted by atomic mass is 32.1. The molecule has 2 aliphatic heterocycles. The zero-order chi connectivity index (χ0) is 26.3. The van der Waals surface area contributed by atoms with E-state index in [0.717, 1.165) is 44.9 Å². The Kier molecular flexibility index (Phi) is 6.45. The van der Waals surface area contributed by atoms with Crippen LogP contribution in [-0.2, 0) is 17.5 Å². The molecule has 1 amide bonds. The number of hydrogen-bond acceptors (Lipinski definition) is 6. The van der Waals surface area contributed by atoms with Crippen molar-refractivity contribution in [3.63, 3.8) is 0 Å². The fraction of sp³-hybridized carbons (Fsp3) is 0.286. The summed E-state index contributed by atoms with van der Waals surface area (Å²) in [6.45, 7) is 1.82. The number of thiazole rings is 1. The Morgan fingerprint density at radius 3 is 2.63 bits per heavy atom. The maximum atomic E-state index is 13.3.